The molecule has 0 aromatic rings. The number of carbonyl (C=O) groups excluding carboxylic acids is 2. The Kier molecular flexibility index (Phi) is 6.85. The number of urea groups is 1. The summed E-state index contributed by atoms with van der Waals surface area (Å²) in [5, 5.41) is 3.55. The summed E-state index contributed by atoms with van der Waals surface area (Å²) in [6.45, 7) is 6.67. The first-order chi connectivity index (χ1) is 10.5. The molecule has 3 amide bonds. The van der Waals surface area contributed by atoms with Crippen molar-refractivity contribution in [2.45, 2.75) is 46.2 Å². The minimum absolute atomic E-state index is 0.0241. The molecule has 0 bridgehead atoms. The molecule has 1 atom stereocenters. The fourth-order valence-corrected chi connectivity index (χ4v) is 2.77. The van der Waals surface area contributed by atoms with Gasteiger partial charge in [-0.2, -0.15) is 13.2 Å². The van der Waals surface area contributed by atoms with Crippen molar-refractivity contribution in [1.29, 1.82) is 0 Å². The molecular formula is C15H26F3N3O2. The van der Waals surface area contributed by atoms with Crippen molar-refractivity contribution in [3.8, 4) is 0 Å². The molecule has 0 radical (unpaired) electrons. The first-order valence-electron chi connectivity index (χ1n) is 7.84. The van der Waals surface area contributed by atoms with Crippen LogP contribution in [0.4, 0.5) is 18.0 Å². The van der Waals surface area contributed by atoms with Crippen LogP contribution in [-0.2, 0) is 4.79 Å². The highest BCUT2D eigenvalue weighted by atomic mass is 19.4. The topological polar surface area (TPSA) is 61.4 Å². The molecule has 0 spiro atoms. The maximum absolute atomic E-state index is 12.0. The van der Waals surface area contributed by atoms with Gasteiger partial charge in [0.15, 0.2) is 0 Å². The molecule has 2 N–H and O–H groups in total. The van der Waals surface area contributed by atoms with E-state index in [4.69, 9.17) is 0 Å². The van der Waals surface area contributed by atoms with Gasteiger partial charge in [0.25, 0.3) is 0 Å². The van der Waals surface area contributed by atoms with Crippen molar-refractivity contribution in [2.24, 2.45) is 11.3 Å². The number of nitrogens with one attached hydrogen (secondary N) is 2. The van der Waals surface area contributed by atoms with Crippen LogP contribution in [0.5, 0.6) is 0 Å². The molecule has 1 rings (SSSR count). The highest BCUT2D eigenvalue weighted by molar-refractivity contribution is 5.95. The number of rotatable bonds is 3. The van der Waals surface area contributed by atoms with Gasteiger partial charge in [-0.15, -0.1) is 0 Å². The van der Waals surface area contributed by atoms with Gasteiger partial charge in [-0.3, -0.25) is 15.0 Å². The molecular weight excluding hydrogens is 311 g/mol. The van der Waals surface area contributed by atoms with E-state index in [1.54, 1.807) is 5.32 Å². The van der Waals surface area contributed by atoms with Crippen molar-refractivity contribution in [3.05, 3.63) is 0 Å². The number of amides is 3. The Hall–Kier alpha value is -1.31. The molecule has 1 fully saturated rings. The van der Waals surface area contributed by atoms with Gasteiger partial charge in [0.1, 0.15) is 6.54 Å². The van der Waals surface area contributed by atoms with Crippen LogP contribution in [-0.4, -0.2) is 49.2 Å². The second-order valence-electron chi connectivity index (χ2n) is 7.12. The van der Waals surface area contributed by atoms with Gasteiger partial charge < -0.3 is 5.32 Å². The van der Waals surface area contributed by atoms with Gasteiger partial charge >= 0.3 is 12.2 Å². The minimum atomic E-state index is -4.49. The second kappa shape index (κ2) is 7.99. The van der Waals surface area contributed by atoms with E-state index in [9.17, 15) is 22.8 Å². The Bertz CT molecular complexity index is 419. The summed E-state index contributed by atoms with van der Waals surface area (Å²) in [6.07, 6.45) is -1.46. The average Bonchev–Trinajstić information content (AvgIpc) is 2.60. The highest BCUT2D eigenvalue weighted by Crippen LogP contribution is 2.34. The van der Waals surface area contributed by atoms with E-state index in [0.717, 1.165) is 32.4 Å². The number of alkyl halides is 3. The number of likely N-dealkylation sites (tertiary alicyclic amines) is 1. The van der Waals surface area contributed by atoms with Gasteiger partial charge in [0, 0.05) is 0 Å². The highest BCUT2D eigenvalue weighted by Gasteiger charge is 2.29. The number of hydrogen-bond donors (Lipinski definition) is 2. The molecule has 23 heavy (non-hydrogen) atoms. The van der Waals surface area contributed by atoms with E-state index >= 15 is 0 Å². The van der Waals surface area contributed by atoms with Crippen LogP contribution in [0.1, 0.15) is 40.0 Å². The largest absolute Gasteiger partial charge is 0.405 e. The summed E-state index contributed by atoms with van der Waals surface area (Å²) in [7, 11) is 0. The van der Waals surface area contributed by atoms with Gasteiger partial charge in [0.2, 0.25) is 5.91 Å². The third-order valence-corrected chi connectivity index (χ3v) is 4.12. The lowest BCUT2D eigenvalue weighted by Crippen LogP contribution is -2.46. The molecule has 1 unspecified atom stereocenters. The number of halogens is 3. The number of nitrogens with zero attached hydrogens (tertiary/aromatic N) is 1. The zero-order valence-corrected chi connectivity index (χ0v) is 13.9. The quantitative estimate of drug-likeness (QED) is 0.832. The van der Waals surface area contributed by atoms with E-state index in [0.29, 0.717) is 5.92 Å². The molecule has 0 saturated carbocycles. The van der Waals surface area contributed by atoms with Gasteiger partial charge in [0.05, 0.1) is 6.54 Å². The van der Waals surface area contributed by atoms with Gasteiger partial charge in [-0.05, 0) is 43.7 Å². The zero-order chi connectivity index (χ0) is 17.7. The lowest BCUT2D eigenvalue weighted by Gasteiger charge is -2.29. The Morgan fingerprint density at radius 2 is 1.78 bits per heavy atom. The standard InChI is InChI=1S/C15H26F3N3O2/c1-14(2,3)11-5-4-7-21(8-6-11)9-12(22)20-13(23)19-10-15(16,17)18/h11H,4-10H2,1-3H3,(H2,19,20,22,23). The van der Waals surface area contributed by atoms with Crippen LogP contribution in [0.25, 0.3) is 0 Å². The third-order valence-electron chi connectivity index (χ3n) is 4.12. The van der Waals surface area contributed by atoms with E-state index in [1.807, 2.05) is 10.2 Å². The molecule has 0 aromatic carbocycles. The Morgan fingerprint density at radius 3 is 2.35 bits per heavy atom. The van der Waals surface area contributed by atoms with Crippen molar-refractivity contribution >= 4 is 11.9 Å². The van der Waals surface area contributed by atoms with Crippen LogP contribution >= 0.6 is 0 Å². The molecule has 0 aliphatic carbocycles. The van der Waals surface area contributed by atoms with Gasteiger partial charge in [-0.25, -0.2) is 4.79 Å². The first kappa shape index (κ1) is 19.7. The van der Waals surface area contributed by atoms with E-state index in [1.165, 1.54) is 0 Å². The lowest BCUT2D eigenvalue weighted by molar-refractivity contribution is -0.125. The summed E-state index contributed by atoms with van der Waals surface area (Å²) >= 11 is 0. The van der Waals surface area contributed by atoms with Crippen LogP contribution in [0.15, 0.2) is 0 Å². The summed E-state index contributed by atoms with van der Waals surface area (Å²) in [5.74, 6) is -0.00970. The number of hydrogen-bond acceptors (Lipinski definition) is 3. The molecule has 1 aliphatic heterocycles. The monoisotopic (exact) mass is 337 g/mol. The summed E-state index contributed by atoms with van der Waals surface area (Å²) in [6, 6.07) is -1.12. The Balaban J connectivity index is 2.36. The summed E-state index contributed by atoms with van der Waals surface area (Å²) in [5.41, 5.74) is 0.218. The Morgan fingerprint density at radius 1 is 1.13 bits per heavy atom. The lowest BCUT2D eigenvalue weighted by atomic mass is 9.77. The van der Waals surface area contributed by atoms with Gasteiger partial charge in [-0.1, -0.05) is 20.8 Å². The van der Waals surface area contributed by atoms with Crippen LogP contribution < -0.4 is 10.6 Å². The van der Waals surface area contributed by atoms with Crippen LogP contribution in [0.2, 0.25) is 0 Å². The summed E-state index contributed by atoms with van der Waals surface area (Å²) < 4.78 is 35.9. The van der Waals surface area contributed by atoms with Crippen molar-refractivity contribution in [2.75, 3.05) is 26.2 Å². The predicted molar refractivity (Wildman–Crippen MR) is 80.8 cm³/mol. The van der Waals surface area contributed by atoms with Crippen molar-refractivity contribution in [3.63, 3.8) is 0 Å². The maximum atomic E-state index is 12.0. The van der Waals surface area contributed by atoms with Crippen molar-refractivity contribution in [1.82, 2.24) is 15.5 Å². The fourth-order valence-electron chi connectivity index (χ4n) is 2.77. The maximum Gasteiger partial charge on any atom is 0.405 e. The normalized spacial score (nSPS) is 20.7. The van der Waals surface area contributed by atoms with E-state index in [-0.39, 0.29) is 12.0 Å². The minimum Gasteiger partial charge on any atom is -0.329 e. The molecule has 1 heterocycles. The molecule has 134 valence electrons. The molecule has 0 aromatic heterocycles. The third kappa shape index (κ3) is 8.20. The number of carbonyl (C=O) groups is 2. The SMILES string of the molecule is CC(C)(C)C1CCCN(CC(=O)NC(=O)NCC(F)(F)F)CC1. The fraction of sp³-hybridized carbons (Fsp3) is 0.867. The smallest absolute Gasteiger partial charge is 0.329 e. The van der Waals surface area contributed by atoms with Crippen molar-refractivity contribution < 1.29 is 22.8 Å². The Labute approximate surface area is 135 Å². The summed E-state index contributed by atoms with van der Waals surface area (Å²) in [4.78, 5) is 24.9. The van der Waals surface area contributed by atoms with Crippen LogP contribution in [0.3, 0.4) is 0 Å². The molecule has 1 aliphatic rings. The molecule has 1 saturated heterocycles. The predicted octanol–water partition coefficient (Wildman–Crippen LogP) is 2.52. The van der Waals surface area contributed by atoms with Crippen LogP contribution in [0, 0.1) is 11.3 Å². The van der Waals surface area contributed by atoms with E-state index in [2.05, 4.69) is 20.8 Å². The average molecular weight is 337 g/mol. The first-order valence-corrected chi connectivity index (χ1v) is 7.84. The zero-order valence-electron chi connectivity index (χ0n) is 13.9. The number of imide groups is 1. The molecule has 8 heteroatoms. The molecule has 5 nitrogen and oxygen atoms in total. The van der Waals surface area contributed by atoms with E-state index < -0.39 is 24.7 Å². The second-order valence-corrected chi connectivity index (χ2v) is 7.12.